The Bertz CT molecular complexity index is 927. The van der Waals surface area contributed by atoms with Crippen molar-refractivity contribution in [2.45, 2.75) is 39.7 Å². The fourth-order valence-corrected chi connectivity index (χ4v) is 2.91. The molecule has 0 atom stereocenters. The van der Waals surface area contributed by atoms with E-state index in [1.807, 2.05) is 50.2 Å². The lowest BCUT2D eigenvalue weighted by Crippen LogP contribution is -2.25. The summed E-state index contributed by atoms with van der Waals surface area (Å²) in [5.41, 5.74) is 5.58. The first kappa shape index (κ1) is 18.8. The molecule has 2 N–H and O–H groups in total. The van der Waals surface area contributed by atoms with E-state index in [-0.39, 0.29) is 11.8 Å². The molecular formula is C22H25N3O2. The van der Waals surface area contributed by atoms with Gasteiger partial charge in [-0.2, -0.15) is 0 Å². The summed E-state index contributed by atoms with van der Waals surface area (Å²) in [7, 11) is 1.63. The Kier molecular flexibility index (Phi) is 5.40. The maximum absolute atomic E-state index is 12.4. The highest BCUT2D eigenvalue weighted by Gasteiger charge is 2.24. The summed E-state index contributed by atoms with van der Waals surface area (Å²) in [6.45, 7) is 5.76. The molecule has 1 aliphatic rings. The predicted molar refractivity (Wildman–Crippen MR) is 109 cm³/mol. The molecule has 140 valence electrons. The molecule has 1 fully saturated rings. The Balaban J connectivity index is 1.89. The minimum absolute atomic E-state index is 0.0162. The van der Waals surface area contributed by atoms with Crippen LogP contribution in [0.3, 0.4) is 0 Å². The summed E-state index contributed by atoms with van der Waals surface area (Å²) in [6, 6.07) is 11.9. The van der Waals surface area contributed by atoms with Gasteiger partial charge in [0.25, 0.3) is 5.91 Å². The summed E-state index contributed by atoms with van der Waals surface area (Å²) in [6.07, 6.45) is 2.14. The fraction of sp³-hybridized carbons (Fsp3) is 0.318. The zero-order valence-electron chi connectivity index (χ0n) is 16.2. The number of hydrogen-bond acceptors (Lipinski definition) is 4. The molecule has 5 nitrogen and oxygen atoms in total. The van der Waals surface area contributed by atoms with E-state index < -0.39 is 0 Å². The molecule has 0 bridgehead atoms. The molecule has 1 aliphatic carbocycles. The predicted octanol–water partition coefficient (Wildman–Crippen LogP) is 4.25. The molecule has 0 aromatic heterocycles. The van der Waals surface area contributed by atoms with Crippen LogP contribution in [0.5, 0.6) is 0 Å². The third-order valence-electron chi connectivity index (χ3n) is 4.76. The van der Waals surface area contributed by atoms with Gasteiger partial charge in [0, 0.05) is 31.1 Å². The number of nitrogens with one attached hydrogen (secondary N) is 2. The van der Waals surface area contributed by atoms with Crippen molar-refractivity contribution in [3.8, 4) is 11.1 Å². The van der Waals surface area contributed by atoms with Crippen molar-refractivity contribution < 1.29 is 9.53 Å². The highest BCUT2D eigenvalue weighted by Crippen LogP contribution is 2.29. The Hall–Kier alpha value is -2.95. The number of amides is 1. The molecule has 0 aliphatic heterocycles. The largest absolute Gasteiger partial charge is 0.425 e. The molecule has 1 saturated carbocycles. The van der Waals surface area contributed by atoms with Crippen LogP contribution in [0.1, 0.15) is 46.8 Å². The molecule has 27 heavy (non-hydrogen) atoms. The molecular weight excluding hydrogens is 338 g/mol. The van der Waals surface area contributed by atoms with Crippen molar-refractivity contribution in [3.05, 3.63) is 58.7 Å². The van der Waals surface area contributed by atoms with E-state index >= 15 is 0 Å². The lowest BCUT2D eigenvalue weighted by atomic mass is 9.93. The van der Waals surface area contributed by atoms with Gasteiger partial charge >= 0.3 is 0 Å². The second-order valence-corrected chi connectivity index (χ2v) is 6.98. The molecule has 3 rings (SSSR count). The van der Waals surface area contributed by atoms with E-state index in [0.29, 0.717) is 23.1 Å². The van der Waals surface area contributed by atoms with Gasteiger partial charge in [0.15, 0.2) is 5.90 Å². The van der Waals surface area contributed by atoms with Crippen LogP contribution < -0.4 is 5.32 Å². The summed E-state index contributed by atoms with van der Waals surface area (Å²) in [5, 5.41) is 11.1. The monoisotopic (exact) mass is 363 g/mol. The first-order valence-electron chi connectivity index (χ1n) is 9.11. The van der Waals surface area contributed by atoms with Crippen LogP contribution in [0, 0.1) is 19.3 Å². The first-order chi connectivity index (χ1) is 12.9. The number of carbonyl (C=O) groups is 1. The minimum atomic E-state index is -0.0162. The van der Waals surface area contributed by atoms with E-state index in [9.17, 15) is 4.79 Å². The Morgan fingerprint density at radius 3 is 2.41 bits per heavy atom. The van der Waals surface area contributed by atoms with E-state index in [4.69, 9.17) is 10.1 Å². The van der Waals surface area contributed by atoms with E-state index in [1.54, 1.807) is 14.0 Å². The van der Waals surface area contributed by atoms with Crippen molar-refractivity contribution in [2.75, 3.05) is 7.05 Å². The summed E-state index contributed by atoms with van der Waals surface area (Å²) >= 11 is 0. The Labute approximate surface area is 160 Å². The van der Waals surface area contributed by atoms with Crippen LogP contribution in [0.25, 0.3) is 11.1 Å². The molecule has 2 aromatic rings. The summed E-state index contributed by atoms with van der Waals surface area (Å²) in [5.74, 6) is 0.506. The molecule has 0 radical (unpaired) electrons. The van der Waals surface area contributed by atoms with Gasteiger partial charge < -0.3 is 10.1 Å². The number of nitrogens with zero attached hydrogens (tertiary/aromatic N) is 1. The van der Waals surface area contributed by atoms with Crippen LogP contribution in [0.15, 0.2) is 41.4 Å². The number of aryl methyl sites for hydroxylation is 2. The van der Waals surface area contributed by atoms with Gasteiger partial charge in [-0.15, -0.1) is 0 Å². The molecule has 1 amide bonds. The van der Waals surface area contributed by atoms with E-state index in [0.717, 1.165) is 35.1 Å². The quantitative estimate of drug-likeness (QED) is 0.629. The number of hydrogen-bond donors (Lipinski definition) is 2. The lowest BCUT2D eigenvalue weighted by molar-refractivity contribution is 0.0951. The number of carbonyl (C=O) groups excluding carboxylic acids is 1. The van der Waals surface area contributed by atoms with Crippen LogP contribution in [-0.2, 0) is 4.74 Å². The maximum atomic E-state index is 12.4. The third-order valence-corrected chi connectivity index (χ3v) is 4.76. The van der Waals surface area contributed by atoms with Crippen LogP contribution >= 0.6 is 0 Å². The molecule has 0 spiro atoms. The number of aliphatic imine (C=N–C) groups is 1. The summed E-state index contributed by atoms with van der Waals surface area (Å²) in [4.78, 5) is 16.3. The first-order valence-corrected chi connectivity index (χ1v) is 9.11. The van der Waals surface area contributed by atoms with Crippen LogP contribution in [-0.4, -0.2) is 30.8 Å². The summed E-state index contributed by atoms with van der Waals surface area (Å²) < 4.78 is 5.38. The minimum Gasteiger partial charge on any atom is -0.425 e. The normalized spacial score (nSPS) is 14.0. The van der Waals surface area contributed by atoms with Crippen molar-refractivity contribution in [1.82, 2.24) is 5.32 Å². The second kappa shape index (κ2) is 7.74. The van der Waals surface area contributed by atoms with Gasteiger partial charge in [0.05, 0.1) is 0 Å². The molecule has 0 unspecified atom stereocenters. The van der Waals surface area contributed by atoms with Gasteiger partial charge in [-0.25, -0.2) is 0 Å². The number of rotatable bonds is 4. The SMILES string of the molecule is CN=C(C)OC(=N)c1ccc(-c2cc(C(=O)NC3CC3)ccc2C)c(C)c1. The number of benzene rings is 2. The van der Waals surface area contributed by atoms with Crippen LogP contribution in [0.2, 0.25) is 0 Å². The average molecular weight is 363 g/mol. The fourth-order valence-electron chi connectivity index (χ4n) is 2.91. The standard InChI is InChI=1S/C22H25N3O2/c1-13-5-6-17(22(26)25-18-8-9-18)12-20(13)19-10-7-16(11-14(19)2)21(23)27-15(3)24-4/h5-7,10-12,18,23H,8-9H2,1-4H3,(H,25,26). The highest BCUT2D eigenvalue weighted by molar-refractivity contribution is 6.00. The second-order valence-electron chi connectivity index (χ2n) is 6.98. The molecule has 2 aromatic carbocycles. The van der Waals surface area contributed by atoms with Crippen molar-refractivity contribution in [1.29, 1.82) is 5.41 Å². The number of ether oxygens (including phenoxy) is 1. The van der Waals surface area contributed by atoms with E-state index in [1.165, 1.54) is 0 Å². The van der Waals surface area contributed by atoms with Gasteiger partial charge in [0.2, 0.25) is 5.90 Å². The van der Waals surface area contributed by atoms with Crippen molar-refractivity contribution in [2.24, 2.45) is 4.99 Å². The smallest absolute Gasteiger partial charge is 0.251 e. The molecule has 5 heteroatoms. The van der Waals surface area contributed by atoms with Crippen molar-refractivity contribution >= 4 is 17.7 Å². The highest BCUT2D eigenvalue weighted by atomic mass is 16.5. The zero-order valence-corrected chi connectivity index (χ0v) is 16.2. The topological polar surface area (TPSA) is 74.5 Å². The van der Waals surface area contributed by atoms with Crippen molar-refractivity contribution in [3.63, 3.8) is 0 Å². The van der Waals surface area contributed by atoms with Gasteiger partial charge in [0.1, 0.15) is 0 Å². The Morgan fingerprint density at radius 2 is 1.78 bits per heavy atom. The van der Waals surface area contributed by atoms with Crippen LogP contribution in [0.4, 0.5) is 0 Å². The van der Waals surface area contributed by atoms with Gasteiger partial charge in [-0.05, 0) is 73.2 Å². The molecule has 0 heterocycles. The Morgan fingerprint density at radius 1 is 1.07 bits per heavy atom. The average Bonchev–Trinajstić information content (AvgIpc) is 3.46. The third kappa shape index (κ3) is 4.42. The molecule has 0 saturated heterocycles. The van der Waals surface area contributed by atoms with Gasteiger partial charge in [-0.1, -0.05) is 12.1 Å². The maximum Gasteiger partial charge on any atom is 0.251 e. The van der Waals surface area contributed by atoms with Gasteiger partial charge in [-0.3, -0.25) is 15.2 Å². The lowest BCUT2D eigenvalue weighted by Gasteiger charge is -2.14. The van der Waals surface area contributed by atoms with E-state index in [2.05, 4.69) is 10.3 Å². The zero-order chi connectivity index (χ0) is 19.6.